The molecule has 1 heterocycles. The maximum absolute atomic E-state index is 12.0. The first-order valence-corrected chi connectivity index (χ1v) is 7.87. The molecule has 4 nitrogen and oxygen atoms in total. The third-order valence-electron chi connectivity index (χ3n) is 4.16. The van der Waals surface area contributed by atoms with Gasteiger partial charge >= 0.3 is 0 Å². The highest BCUT2D eigenvalue weighted by atomic mass is 16.2. The first-order valence-electron chi connectivity index (χ1n) is 7.87. The first kappa shape index (κ1) is 16.4. The van der Waals surface area contributed by atoms with Crippen molar-refractivity contribution in [3.8, 4) is 0 Å². The zero-order chi connectivity index (χ0) is 14.1. The fourth-order valence-electron chi connectivity index (χ4n) is 2.90. The minimum Gasteiger partial charge on any atom is -0.344 e. The molecule has 0 bridgehead atoms. The predicted molar refractivity (Wildman–Crippen MR) is 80.0 cm³/mol. The highest BCUT2D eigenvalue weighted by Gasteiger charge is 2.25. The zero-order valence-corrected chi connectivity index (χ0v) is 12.7. The summed E-state index contributed by atoms with van der Waals surface area (Å²) >= 11 is 0. The molecule has 1 aliphatic rings. The van der Waals surface area contributed by atoms with E-state index in [0.717, 1.165) is 45.3 Å². The Morgan fingerprint density at radius 1 is 1.32 bits per heavy atom. The summed E-state index contributed by atoms with van der Waals surface area (Å²) in [5.74, 6) is 0.302. The third-order valence-corrected chi connectivity index (χ3v) is 4.16. The highest BCUT2D eigenvalue weighted by molar-refractivity contribution is 5.75. The summed E-state index contributed by atoms with van der Waals surface area (Å²) in [6, 6.07) is 0.580. The lowest BCUT2D eigenvalue weighted by Gasteiger charge is -2.27. The van der Waals surface area contributed by atoms with E-state index in [2.05, 4.69) is 11.8 Å². The largest absolute Gasteiger partial charge is 0.344 e. The Balaban J connectivity index is 2.17. The molecule has 0 saturated carbocycles. The molecule has 1 unspecified atom stereocenters. The molecule has 0 spiro atoms. The molecule has 0 aromatic heterocycles. The molecule has 4 heteroatoms. The van der Waals surface area contributed by atoms with E-state index >= 15 is 0 Å². The Kier molecular flexibility index (Phi) is 8.07. The van der Waals surface area contributed by atoms with Crippen LogP contribution in [0, 0.1) is 0 Å². The SMILES string of the molecule is CCN1CCCC1CN(C)C(=O)CCCCCCN. The minimum atomic E-state index is 0.302. The minimum absolute atomic E-state index is 0.302. The molecule has 19 heavy (non-hydrogen) atoms. The van der Waals surface area contributed by atoms with Crippen molar-refractivity contribution in [3.63, 3.8) is 0 Å². The normalized spacial score (nSPS) is 19.8. The Labute approximate surface area is 118 Å². The van der Waals surface area contributed by atoms with Crippen LogP contribution in [0.2, 0.25) is 0 Å². The fourth-order valence-corrected chi connectivity index (χ4v) is 2.90. The molecule has 0 aromatic rings. The van der Waals surface area contributed by atoms with Gasteiger partial charge < -0.3 is 10.6 Å². The number of hydrogen-bond acceptors (Lipinski definition) is 3. The summed E-state index contributed by atoms with van der Waals surface area (Å²) in [6.07, 6.45) is 7.57. The van der Waals surface area contributed by atoms with Crippen LogP contribution in [0.5, 0.6) is 0 Å². The van der Waals surface area contributed by atoms with Gasteiger partial charge in [-0.2, -0.15) is 0 Å². The summed E-state index contributed by atoms with van der Waals surface area (Å²) in [7, 11) is 1.95. The molecule has 1 amide bonds. The zero-order valence-electron chi connectivity index (χ0n) is 12.7. The fraction of sp³-hybridized carbons (Fsp3) is 0.933. The third kappa shape index (κ3) is 5.91. The van der Waals surface area contributed by atoms with E-state index < -0.39 is 0 Å². The number of carbonyl (C=O) groups excluding carboxylic acids is 1. The van der Waals surface area contributed by atoms with Gasteiger partial charge in [0.25, 0.3) is 0 Å². The maximum atomic E-state index is 12.0. The van der Waals surface area contributed by atoms with Crippen LogP contribution in [0.4, 0.5) is 0 Å². The molecule has 1 saturated heterocycles. The summed E-state index contributed by atoms with van der Waals surface area (Å²) in [4.78, 5) is 16.5. The molecular formula is C15H31N3O. The van der Waals surface area contributed by atoms with Gasteiger partial charge in [-0.25, -0.2) is 0 Å². The van der Waals surface area contributed by atoms with Crippen LogP contribution in [0.1, 0.15) is 51.9 Å². The van der Waals surface area contributed by atoms with Gasteiger partial charge in [-0.1, -0.05) is 19.8 Å². The number of rotatable bonds is 9. The van der Waals surface area contributed by atoms with Crippen molar-refractivity contribution in [1.82, 2.24) is 9.80 Å². The number of nitrogens with two attached hydrogens (primary N) is 1. The summed E-state index contributed by atoms with van der Waals surface area (Å²) < 4.78 is 0. The monoisotopic (exact) mass is 269 g/mol. The van der Waals surface area contributed by atoms with Crippen molar-refractivity contribution in [2.45, 2.75) is 57.9 Å². The Bertz CT molecular complexity index is 258. The van der Waals surface area contributed by atoms with Crippen LogP contribution in [-0.2, 0) is 4.79 Å². The molecule has 2 N–H and O–H groups in total. The summed E-state index contributed by atoms with van der Waals surface area (Å²) in [6.45, 7) is 6.17. The van der Waals surface area contributed by atoms with Gasteiger partial charge in [0.15, 0.2) is 0 Å². The Hall–Kier alpha value is -0.610. The molecule has 0 aliphatic carbocycles. The van der Waals surface area contributed by atoms with E-state index in [1.807, 2.05) is 11.9 Å². The van der Waals surface area contributed by atoms with Crippen LogP contribution in [0.15, 0.2) is 0 Å². The number of unbranched alkanes of at least 4 members (excludes halogenated alkanes) is 3. The van der Waals surface area contributed by atoms with Gasteiger partial charge in [0, 0.05) is 26.1 Å². The molecular weight excluding hydrogens is 238 g/mol. The molecule has 1 aliphatic heterocycles. The van der Waals surface area contributed by atoms with Gasteiger partial charge in [-0.15, -0.1) is 0 Å². The lowest BCUT2D eigenvalue weighted by atomic mass is 10.1. The van der Waals surface area contributed by atoms with E-state index in [0.29, 0.717) is 18.4 Å². The molecule has 0 radical (unpaired) electrons. The maximum Gasteiger partial charge on any atom is 0.222 e. The molecule has 0 aromatic carbocycles. The standard InChI is InChI=1S/C15H31N3O/c1-3-18-12-8-9-14(18)13-17(2)15(19)10-6-4-5-7-11-16/h14H,3-13,16H2,1-2H3. The predicted octanol–water partition coefficient (Wildman–Crippen LogP) is 1.84. The van der Waals surface area contributed by atoms with E-state index in [4.69, 9.17) is 5.73 Å². The van der Waals surface area contributed by atoms with Crippen molar-refractivity contribution in [1.29, 1.82) is 0 Å². The van der Waals surface area contributed by atoms with Crippen LogP contribution < -0.4 is 5.73 Å². The second-order valence-electron chi connectivity index (χ2n) is 5.65. The first-order chi connectivity index (χ1) is 9.19. The van der Waals surface area contributed by atoms with E-state index in [1.54, 1.807) is 0 Å². The van der Waals surface area contributed by atoms with Gasteiger partial charge in [0.1, 0.15) is 0 Å². The van der Waals surface area contributed by atoms with E-state index in [-0.39, 0.29) is 0 Å². The number of nitrogens with zero attached hydrogens (tertiary/aromatic N) is 2. The quantitative estimate of drug-likeness (QED) is 0.650. The van der Waals surface area contributed by atoms with Gasteiger partial charge in [-0.3, -0.25) is 9.69 Å². The van der Waals surface area contributed by atoms with Gasteiger partial charge in [-0.05, 0) is 45.3 Å². The second kappa shape index (κ2) is 9.32. The lowest BCUT2D eigenvalue weighted by Crippen LogP contribution is -2.41. The smallest absolute Gasteiger partial charge is 0.222 e. The van der Waals surface area contributed by atoms with Crippen LogP contribution in [0.25, 0.3) is 0 Å². The van der Waals surface area contributed by atoms with Crippen molar-refractivity contribution in [2.24, 2.45) is 5.73 Å². The van der Waals surface area contributed by atoms with E-state index in [9.17, 15) is 4.79 Å². The lowest BCUT2D eigenvalue weighted by molar-refractivity contribution is -0.130. The Morgan fingerprint density at radius 2 is 2.05 bits per heavy atom. The van der Waals surface area contributed by atoms with Crippen LogP contribution in [-0.4, -0.2) is 55.0 Å². The summed E-state index contributed by atoms with van der Waals surface area (Å²) in [5.41, 5.74) is 5.46. The average molecular weight is 269 g/mol. The average Bonchev–Trinajstić information content (AvgIpc) is 2.85. The summed E-state index contributed by atoms with van der Waals surface area (Å²) in [5, 5.41) is 0. The molecule has 1 atom stereocenters. The van der Waals surface area contributed by atoms with Crippen molar-refractivity contribution in [2.75, 3.05) is 33.2 Å². The van der Waals surface area contributed by atoms with Crippen molar-refractivity contribution in [3.05, 3.63) is 0 Å². The number of likely N-dealkylation sites (N-methyl/N-ethyl adjacent to an activating group) is 2. The topological polar surface area (TPSA) is 49.6 Å². The van der Waals surface area contributed by atoms with Crippen molar-refractivity contribution >= 4 is 5.91 Å². The van der Waals surface area contributed by atoms with Crippen LogP contribution in [0.3, 0.4) is 0 Å². The van der Waals surface area contributed by atoms with Crippen molar-refractivity contribution < 1.29 is 4.79 Å². The number of carbonyl (C=O) groups is 1. The Morgan fingerprint density at radius 3 is 2.74 bits per heavy atom. The number of amides is 1. The van der Waals surface area contributed by atoms with Gasteiger partial charge in [0.05, 0.1) is 0 Å². The van der Waals surface area contributed by atoms with Crippen LogP contribution >= 0.6 is 0 Å². The van der Waals surface area contributed by atoms with E-state index in [1.165, 1.54) is 19.4 Å². The molecule has 1 rings (SSSR count). The number of likely N-dealkylation sites (tertiary alicyclic amines) is 1. The van der Waals surface area contributed by atoms with Gasteiger partial charge in [0.2, 0.25) is 5.91 Å². The number of hydrogen-bond donors (Lipinski definition) is 1. The molecule has 112 valence electrons. The molecule has 1 fully saturated rings. The highest BCUT2D eigenvalue weighted by Crippen LogP contribution is 2.17. The second-order valence-corrected chi connectivity index (χ2v) is 5.65.